The molecule has 2 heterocycles. The summed E-state index contributed by atoms with van der Waals surface area (Å²) in [6.45, 7) is 6.28. The van der Waals surface area contributed by atoms with Crippen LogP contribution in [0.25, 0.3) is 11.3 Å². The lowest BCUT2D eigenvalue weighted by Crippen LogP contribution is -2.33. The Hall–Kier alpha value is -2.27. The molecule has 1 aliphatic heterocycles. The van der Waals surface area contributed by atoms with Gasteiger partial charge in [-0.2, -0.15) is 0 Å². The van der Waals surface area contributed by atoms with E-state index < -0.39 is 0 Å². The summed E-state index contributed by atoms with van der Waals surface area (Å²) in [6, 6.07) is 8.14. The molecule has 2 aromatic rings. The topological polar surface area (TPSA) is 50.3 Å². The molecule has 1 saturated heterocycles. The number of carbonyl (C=O) groups is 2. The van der Waals surface area contributed by atoms with Crippen molar-refractivity contribution in [3.05, 3.63) is 46.4 Å². The van der Waals surface area contributed by atoms with Crippen LogP contribution in [-0.4, -0.2) is 16.8 Å². The van der Waals surface area contributed by atoms with Gasteiger partial charge in [0, 0.05) is 10.9 Å². The van der Waals surface area contributed by atoms with Crippen molar-refractivity contribution in [2.45, 2.75) is 33.6 Å². The van der Waals surface area contributed by atoms with Crippen LogP contribution in [0.4, 0.5) is 5.13 Å². The maximum absolute atomic E-state index is 13.2. The van der Waals surface area contributed by atoms with Gasteiger partial charge in [-0.3, -0.25) is 9.59 Å². The first-order valence-electron chi connectivity index (χ1n) is 9.55. The molecule has 0 unspecified atom stereocenters. The standard InChI is InChI=1S/C22H22N2O2S/c1-11(2)17-14-8-9-15(17)19-18(14)20(25)24(21(19)26)22-23-16(10-27-22)13-6-4-12(3)5-7-13/h4-7,10,14-15,18-19H,8-9H2,1-3H3/t14-,15+,18-,19-/m0/s1. The van der Waals surface area contributed by atoms with Gasteiger partial charge < -0.3 is 0 Å². The predicted molar refractivity (Wildman–Crippen MR) is 106 cm³/mol. The molecule has 138 valence electrons. The molecule has 3 fully saturated rings. The number of hydrogen-bond acceptors (Lipinski definition) is 4. The Balaban J connectivity index is 1.49. The Labute approximate surface area is 162 Å². The lowest BCUT2D eigenvalue weighted by atomic mass is 9.81. The molecule has 2 saturated carbocycles. The number of thiazole rings is 1. The molecule has 0 N–H and O–H groups in total. The van der Waals surface area contributed by atoms with Crippen LogP contribution in [0.15, 0.2) is 40.8 Å². The van der Waals surface area contributed by atoms with Crippen molar-refractivity contribution in [1.82, 2.24) is 4.98 Å². The van der Waals surface area contributed by atoms with Gasteiger partial charge in [0.1, 0.15) is 0 Å². The molecule has 0 spiro atoms. The monoisotopic (exact) mass is 378 g/mol. The van der Waals surface area contributed by atoms with E-state index in [9.17, 15) is 9.59 Å². The van der Waals surface area contributed by atoms with E-state index in [1.165, 1.54) is 32.9 Å². The van der Waals surface area contributed by atoms with E-state index in [0.717, 1.165) is 24.1 Å². The minimum Gasteiger partial charge on any atom is -0.274 e. The van der Waals surface area contributed by atoms with Crippen LogP contribution in [0.1, 0.15) is 32.3 Å². The minimum absolute atomic E-state index is 0.0410. The minimum atomic E-state index is -0.173. The maximum Gasteiger partial charge on any atom is 0.240 e. The Morgan fingerprint density at radius 3 is 2.19 bits per heavy atom. The Morgan fingerprint density at radius 1 is 1.04 bits per heavy atom. The molecular weight excluding hydrogens is 356 g/mol. The van der Waals surface area contributed by atoms with Crippen molar-refractivity contribution >= 4 is 28.3 Å². The third-order valence-electron chi connectivity index (χ3n) is 6.46. The normalized spacial score (nSPS) is 29.0. The Kier molecular flexibility index (Phi) is 3.66. The number of fused-ring (bicyclic) bond motifs is 5. The summed E-state index contributed by atoms with van der Waals surface area (Å²) < 4.78 is 0. The first kappa shape index (κ1) is 16.9. The molecule has 3 aliphatic rings. The first-order chi connectivity index (χ1) is 13.0. The molecule has 0 radical (unpaired) electrons. The van der Waals surface area contributed by atoms with E-state index in [0.29, 0.717) is 5.13 Å². The molecule has 5 rings (SSSR count). The fourth-order valence-electron chi connectivity index (χ4n) is 5.40. The van der Waals surface area contributed by atoms with Gasteiger partial charge in [0.15, 0.2) is 5.13 Å². The lowest BCUT2D eigenvalue weighted by Gasteiger charge is -2.18. The predicted octanol–water partition coefficient (Wildman–Crippen LogP) is 4.60. The number of imide groups is 1. The zero-order valence-corrected chi connectivity index (χ0v) is 16.5. The molecule has 5 heteroatoms. The van der Waals surface area contributed by atoms with Gasteiger partial charge in [-0.25, -0.2) is 9.88 Å². The highest BCUT2D eigenvalue weighted by molar-refractivity contribution is 7.14. The van der Waals surface area contributed by atoms with E-state index in [-0.39, 0.29) is 35.5 Å². The quantitative estimate of drug-likeness (QED) is 0.567. The van der Waals surface area contributed by atoms with Crippen molar-refractivity contribution in [2.75, 3.05) is 4.90 Å². The summed E-state index contributed by atoms with van der Waals surface area (Å²) in [6.07, 6.45) is 2.07. The van der Waals surface area contributed by atoms with Gasteiger partial charge in [0.25, 0.3) is 0 Å². The van der Waals surface area contributed by atoms with Crippen LogP contribution in [0.3, 0.4) is 0 Å². The van der Waals surface area contributed by atoms with Crippen molar-refractivity contribution < 1.29 is 9.59 Å². The number of hydrogen-bond donors (Lipinski definition) is 0. The van der Waals surface area contributed by atoms with E-state index in [1.807, 2.05) is 36.6 Å². The summed E-state index contributed by atoms with van der Waals surface area (Å²) in [4.78, 5) is 32.4. The van der Waals surface area contributed by atoms with Crippen LogP contribution in [0.5, 0.6) is 0 Å². The third-order valence-corrected chi connectivity index (χ3v) is 7.29. The smallest absolute Gasteiger partial charge is 0.240 e. The molecule has 2 amide bonds. The molecule has 4 atom stereocenters. The summed E-state index contributed by atoms with van der Waals surface area (Å²) >= 11 is 1.38. The fourth-order valence-corrected chi connectivity index (χ4v) is 6.25. The van der Waals surface area contributed by atoms with E-state index in [1.54, 1.807) is 0 Å². The Morgan fingerprint density at radius 2 is 1.63 bits per heavy atom. The van der Waals surface area contributed by atoms with Gasteiger partial charge in [-0.05, 0) is 45.4 Å². The number of benzene rings is 1. The lowest BCUT2D eigenvalue weighted by molar-refractivity contribution is -0.123. The van der Waals surface area contributed by atoms with Gasteiger partial charge in [-0.15, -0.1) is 11.3 Å². The highest BCUT2D eigenvalue weighted by Crippen LogP contribution is 2.60. The van der Waals surface area contributed by atoms with Crippen molar-refractivity contribution in [2.24, 2.45) is 23.7 Å². The van der Waals surface area contributed by atoms with E-state index in [4.69, 9.17) is 0 Å². The van der Waals surface area contributed by atoms with Crippen molar-refractivity contribution in [1.29, 1.82) is 0 Å². The maximum atomic E-state index is 13.2. The van der Waals surface area contributed by atoms with Crippen LogP contribution in [0, 0.1) is 30.6 Å². The highest BCUT2D eigenvalue weighted by Gasteiger charge is 2.64. The molecule has 1 aromatic heterocycles. The van der Waals surface area contributed by atoms with E-state index in [2.05, 4.69) is 18.8 Å². The number of carbonyl (C=O) groups excluding carboxylic acids is 2. The molecule has 27 heavy (non-hydrogen) atoms. The molecule has 2 aliphatic carbocycles. The van der Waals surface area contributed by atoms with Gasteiger partial charge in [-0.1, -0.05) is 41.0 Å². The van der Waals surface area contributed by atoms with Crippen molar-refractivity contribution in [3.8, 4) is 11.3 Å². The van der Waals surface area contributed by atoms with Crippen LogP contribution >= 0.6 is 11.3 Å². The average molecular weight is 378 g/mol. The molecular formula is C22H22N2O2S. The number of aromatic nitrogens is 1. The summed E-state index contributed by atoms with van der Waals surface area (Å²) in [5, 5.41) is 2.46. The van der Waals surface area contributed by atoms with Gasteiger partial charge in [0.05, 0.1) is 17.5 Å². The summed E-state index contributed by atoms with van der Waals surface area (Å²) in [5.41, 5.74) is 5.69. The van der Waals surface area contributed by atoms with Gasteiger partial charge in [0.2, 0.25) is 11.8 Å². The van der Waals surface area contributed by atoms with E-state index >= 15 is 0 Å². The van der Waals surface area contributed by atoms with Crippen LogP contribution in [0.2, 0.25) is 0 Å². The largest absolute Gasteiger partial charge is 0.274 e. The second-order valence-electron chi connectivity index (χ2n) is 8.19. The van der Waals surface area contributed by atoms with Gasteiger partial charge >= 0.3 is 0 Å². The molecule has 4 nitrogen and oxygen atoms in total. The highest BCUT2D eigenvalue weighted by atomic mass is 32.1. The zero-order valence-electron chi connectivity index (χ0n) is 15.7. The SMILES string of the molecule is CC(C)=C1[C@H]2CC[C@@H]1[C@@H]1C(=O)N(c3nc(-c4ccc(C)cc4)cs3)C(=O)[C@H]12. The Bertz CT molecular complexity index is 952. The number of aryl methyl sites for hydroxylation is 1. The number of nitrogens with zero attached hydrogens (tertiary/aromatic N) is 2. The number of anilines is 1. The third kappa shape index (κ3) is 2.30. The number of allylic oxidation sites excluding steroid dienone is 2. The second-order valence-corrected chi connectivity index (χ2v) is 9.03. The summed E-state index contributed by atoms with van der Waals surface area (Å²) in [5.74, 6) is 0.0771. The molecule has 1 aromatic carbocycles. The fraction of sp³-hybridized carbons (Fsp3) is 0.409. The van der Waals surface area contributed by atoms with Crippen molar-refractivity contribution in [3.63, 3.8) is 0 Å². The first-order valence-corrected chi connectivity index (χ1v) is 10.4. The second kappa shape index (κ2) is 5.86. The van der Waals surface area contributed by atoms with Crippen LogP contribution in [-0.2, 0) is 9.59 Å². The zero-order chi connectivity index (χ0) is 18.9. The molecule has 2 bridgehead atoms. The summed E-state index contributed by atoms with van der Waals surface area (Å²) in [7, 11) is 0. The average Bonchev–Trinajstić information content (AvgIpc) is 3.38. The number of amides is 2. The van der Waals surface area contributed by atoms with Crippen LogP contribution < -0.4 is 4.90 Å². The number of rotatable bonds is 2.